The second kappa shape index (κ2) is 4.36. The van der Waals surface area contributed by atoms with E-state index in [-0.39, 0.29) is 5.75 Å². The monoisotopic (exact) mass is 272 g/mol. The fourth-order valence-corrected chi connectivity index (χ4v) is 4.10. The molecule has 0 aromatic heterocycles. The quantitative estimate of drug-likeness (QED) is 0.817. The van der Waals surface area contributed by atoms with Crippen LogP contribution in [0, 0.1) is 17.3 Å². The van der Waals surface area contributed by atoms with Gasteiger partial charge >= 0.3 is 0 Å². The molecule has 0 aliphatic heterocycles. The summed E-state index contributed by atoms with van der Waals surface area (Å²) >= 11 is 0. The average molecular weight is 272 g/mol. The molecule has 0 saturated heterocycles. The zero-order chi connectivity index (χ0) is 14.5. The average Bonchev–Trinajstić information content (AvgIpc) is 2.38. The fourth-order valence-electron chi connectivity index (χ4n) is 4.10. The molecule has 2 heteroatoms. The number of aliphatic hydroxyl groups is 1. The Morgan fingerprint density at radius 2 is 2.00 bits per heavy atom. The van der Waals surface area contributed by atoms with Crippen LogP contribution < -0.4 is 0 Å². The zero-order valence-electron chi connectivity index (χ0n) is 12.6. The van der Waals surface area contributed by atoms with E-state index in [4.69, 9.17) is 0 Å². The lowest BCUT2D eigenvalue weighted by Crippen LogP contribution is -2.48. The lowest BCUT2D eigenvalue weighted by molar-refractivity contribution is -0.0221. The number of benzene rings is 1. The van der Waals surface area contributed by atoms with Gasteiger partial charge in [-0.2, -0.15) is 0 Å². The molecule has 3 atom stereocenters. The van der Waals surface area contributed by atoms with Gasteiger partial charge in [-0.25, -0.2) is 0 Å². The van der Waals surface area contributed by atoms with E-state index >= 15 is 0 Å². The third kappa shape index (κ3) is 1.98. The molecule has 20 heavy (non-hydrogen) atoms. The Morgan fingerprint density at radius 1 is 1.30 bits per heavy atom. The van der Waals surface area contributed by atoms with Gasteiger partial charge in [0, 0.05) is 12.0 Å². The van der Waals surface area contributed by atoms with Crippen molar-refractivity contribution in [3.8, 4) is 5.75 Å². The number of hydrogen-bond donors (Lipinski definition) is 2. The number of fused-ring (bicyclic) bond motifs is 1. The molecule has 1 aromatic carbocycles. The smallest absolute Gasteiger partial charge is 0.121 e. The molecule has 2 nitrogen and oxygen atoms in total. The molecule has 1 aromatic rings. The van der Waals surface area contributed by atoms with E-state index in [2.05, 4.69) is 19.9 Å². The molecule has 0 radical (unpaired) electrons. The second-order valence-corrected chi connectivity index (χ2v) is 7.29. The summed E-state index contributed by atoms with van der Waals surface area (Å²) in [6.45, 7) is 6.49. The summed E-state index contributed by atoms with van der Waals surface area (Å²) in [5, 5.41) is 20.8. The largest absolute Gasteiger partial charge is 0.508 e. The van der Waals surface area contributed by atoms with E-state index in [1.165, 1.54) is 12.0 Å². The van der Waals surface area contributed by atoms with Crippen LogP contribution in [0.4, 0.5) is 0 Å². The molecule has 3 aliphatic rings. The summed E-state index contributed by atoms with van der Waals surface area (Å²) in [6, 6.07) is 7.10. The van der Waals surface area contributed by atoms with Crippen molar-refractivity contribution in [2.24, 2.45) is 17.3 Å². The summed E-state index contributed by atoms with van der Waals surface area (Å²) in [5.74, 6) is 1.59. The minimum atomic E-state index is -1.00. The van der Waals surface area contributed by atoms with Crippen LogP contribution in [0.1, 0.15) is 45.6 Å². The third-order valence-electron chi connectivity index (χ3n) is 5.62. The van der Waals surface area contributed by atoms with Gasteiger partial charge in [0.15, 0.2) is 0 Å². The summed E-state index contributed by atoms with van der Waals surface area (Å²) in [6.07, 6.45) is 5.33. The molecule has 0 amide bonds. The highest BCUT2D eigenvalue weighted by atomic mass is 16.3. The molecule has 2 N–H and O–H groups in total. The first-order valence-corrected chi connectivity index (χ1v) is 7.52. The number of para-hydroxylation sites is 1. The maximum absolute atomic E-state index is 10.8. The van der Waals surface area contributed by atoms with E-state index in [0.29, 0.717) is 23.3 Å². The van der Waals surface area contributed by atoms with Gasteiger partial charge in [0.1, 0.15) is 5.75 Å². The van der Waals surface area contributed by atoms with Crippen LogP contribution >= 0.6 is 0 Å². The molecule has 1 fully saturated rings. The molecular formula is C18H24O2. The van der Waals surface area contributed by atoms with Crippen LogP contribution in [0.15, 0.2) is 35.9 Å². The minimum absolute atomic E-state index is 0.180. The molecule has 0 spiro atoms. The first-order valence-electron chi connectivity index (χ1n) is 7.52. The van der Waals surface area contributed by atoms with Gasteiger partial charge in [-0.05, 0) is 43.1 Å². The lowest BCUT2D eigenvalue weighted by atomic mass is 9.48. The topological polar surface area (TPSA) is 40.5 Å². The number of rotatable bonds is 3. The van der Waals surface area contributed by atoms with Gasteiger partial charge in [0.25, 0.3) is 0 Å². The second-order valence-electron chi connectivity index (χ2n) is 7.29. The van der Waals surface area contributed by atoms with Gasteiger partial charge in [-0.3, -0.25) is 0 Å². The van der Waals surface area contributed by atoms with Gasteiger partial charge in [-0.1, -0.05) is 43.7 Å². The molecule has 108 valence electrons. The van der Waals surface area contributed by atoms with Crippen molar-refractivity contribution < 1.29 is 10.2 Å². The van der Waals surface area contributed by atoms with Crippen LogP contribution in [-0.2, 0) is 5.60 Å². The predicted octanol–water partition coefficient (Wildman–Crippen LogP) is 3.98. The molecule has 1 unspecified atom stereocenters. The maximum Gasteiger partial charge on any atom is 0.121 e. The fraction of sp³-hybridized carbons (Fsp3) is 0.556. The highest BCUT2D eigenvalue weighted by Crippen LogP contribution is 2.60. The Labute approximate surface area is 121 Å². The molecule has 4 rings (SSSR count). The number of allylic oxidation sites excluding steroid dienone is 1. The van der Waals surface area contributed by atoms with Crippen LogP contribution in [0.3, 0.4) is 0 Å². The summed E-state index contributed by atoms with van der Waals surface area (Å²) < 4.78 is 0. The van der Waals surface area contributed by atoms with E-state index in [1.807, 2.05) is 12.1 Å². The number of hydrogen-bond acceptors (Lipinski definition) is 2. The Hall–Kier alpha value is -1.28. The van der Waals surface area contributed by atoms with E-state index in [1.54, 1.807) is 19.1 Å². The molecular weight excluding hydrogens is 248 g/mol. The third-order valence-corrected chi connectivity index (χ3v) is 5.62. The van der Waals surface area contributed by atoms with Crippen molar-refractivity contribution >= 4 is 0 Å². The lowest BCUT2D eigenvalue weighted by Gasteiger charge is -2.57. The number of phenols is 1. The number of phenolic OH excluding ortho intramolecular Hbond substituents is 1. The first-order chi connectivity index (χ1) is 9.32. The summed E-state index contributed by atoms with van der Waals surface area (Å²) in [7, 11) is 0. The molecule has 0 heterocycles. The summed E-state index contributed by atoms with van der Waals surface area (Å²) in [5.41, 5.74) is 1.36. The SMILES string of the molecule is CC(O)(CC1=CC[C@H]2C[C@@H]1C2(C)C)c1ccccc1O. The van der Waals surface area contributed by atoms with Crippen LogP contribution in [0.5, 0.6) is 5.75 Å². The highest BCUT2D eigenvalue weighted by Gasteiger charge is 2.51. The van der Waals surface area contributed by atoms with Crippen molar-refractivity contribution in [2.45, 2.75) is 45.6 Å². The van der Waals surface area contributed by atoms with E-state index < -0.39 is 5.60 Å². The van der Waals surface area contributed by atoms with Crippen molar-refractivity contribution in [1.82, 2.24) is 0 Å². The van der Waals surface area contributed by atoms with Gasteiger partial charge in [-0.15, -0.1) is 0 Å². The Balaban J connectivity index is 1.84. The van der Waals surface area contributed by atoms with Gasteiger partial charge < -0.3 is 10.2 Å². The molecule has 2 bridgehead atoms. The van der Waals surface area contributed by atoms with Crippen LogP contribution in [0.2, 0.25) is 0 Å². The van der Waals surface area contributed by atoms with Crippen molar-refractivity contribution in [3.05, 3.63) is 41.5 Å². The van der Waals surface area contributed by atoms with Crippen LogP contribution in [-0.4, -0.2) is 10.2 Å². The normalized spacial score (nSPS) is 30.1. The van der Waals surface area contributed by atoms with Crippen molar-refractivity contribution in [2.75, 3.05) is 0 Å². The van der Waals surface area contributed by atoms with Gasteiger partial charge in [0.05, 0.1) is 5.60 Å². The zero-order valence-corrected chi connectivity index (χ0v) is 12.6. The Bertz CT molecular complexity index is 554. The van der Waals surface area contributed by atoms with Gasteiger partial charge in [0.2, 0.25) is 0 Å². The minimum Gasteiger partial charge on any atom is -0.508 e. The summed E-state index contributed by atoms with van der Waals surface area (Å²) in [4.78, 5) is 0. The standard InChI is InChI=1S/C18H24O2/c1-17(2)13-9-8-12(15(17)10-13)11-18(3,20)14-6-4-5-7-16(14)19/h4-8,13,15,19-20H,9-11H2,1-3H3/t13-,15-,18?/m0/s1. The van der Waals surface area contributed by atoms with Crippen molar-refractivity contribution in [3.63, 3.8) is 0 Å². The Morgan fingerprint density at radius 3 is 2.60 bits per heavy atom. The first kappa shape index (κ1) is 13.7. The highest BCUT2D eigenvalue weighted by molar-refractivity contribution is 5.38. The maximum atomic E-state index is 10.8. The molecule has 3 aliphatic carbocycles. The predicted molar refractivity (Wildman–Crippen MR) is 80.4 cm³/mol. The molecule has 1 saturated carbocycles. The van der Waals surface area contributed by atoms with Crippen LogP contribution in [0.25, 0.3) is 0 Å². The van der Waals surface area contributed by atoms with E-state index in [0.717, 1.165) is 12.3 Å². The number of aromatic hydroxyl groups is 1. The van der Waals surface area contributed by atoms with E-state index in [9.17, 15) is 10.2 Å². The Kier molecular flexibility index (Phi) is 2.98. The van der Waals surface area contributed by atoms with Crippen molar-refractivity contribution in [1.29, 1.82) is 0 Å².